The number of carbonyl (C=O) groups is 1. The number of carbonyl (C=O) groups excluding carboxylic acids is 1. The number of ether oxygens (including phenoxy) is 1. The van der Waals surface area contributed by atoms with Gasteiger partial charge in [-0.05, 0) is 54.8 Å². The number of aliphatic hydroxyl groups excluding tert-OH is 1. The summed E-state index contributed by atoms with van der Waals surface area (Å²) in [5.41, 5.74) is 2.03. The summed E-state index contributed by atoms with van der Waals surface area (Å²) in [4.78, 5) is 16.9. The molecule has 2 aliphatic rings. The number of piperidine rings is 1. The average Bonchev–Trinajstić information content (AvgIpc) is 3.10. The van der Waals surface area contributed by atoms with Crippen molar-refractivity contribution >= 4 is 5.91 Å². The highest BCUT2D eigenvalue weighted by molar-refractivity contribution is 5.84. The summed E-state index contributed by atoms with van der Waals surface area (Å²) in [6.45, 7) is 2.47. The van der Waals surface area contributed by atoms with Crippen LogP contribution in [0.1, 0.15) is 29.9 Å². The minimum absolute atomic E-state index is 0.0731. The molecule has 2 aliphatic heterocycles. The smallest absolute Gasteiger partial charge is 0.240 e. The van der Waals surface area contributed by atoms with E-state index in [-0.39, 0.29) is 23.7 Å². The highest BCUT2D eigenvalue weighted by atomic mass is 19.1. The Kier molecular flexibility index (Phi) is 5.83. The number of rotatable bonds is 5. The molecular weight excluding hydrogens is 371 g/mol. The number of hydrogen-bond donors (Lipinski definition) is 1. The van der Waals surface area contributed by atoms with Gasteiger partial charge in [0, 0.05) is 25.6 Å². The standard InChI is InChI=1S/C23H27FN2O3/c1-29-19-8-4-17(5-9-19)20-10-12-25(15-22(20)27)21-11-13-26(23(21)28)14-16-2-6-18(24)7-3-16/h2-9,20-22,27H,10-15H2,1H3/t20-,21+,22+/m1/s1. The third-order valence-electron chi connectivity index (χ3n) is 6.15. The van der Waals surface area contributed by atoms with Gasteiger partial charge in [-0.3, -0.25) is 9.69 Å². The first-order valence-corrected chi connectivity index (χ1v) is 10.1. The summed E-state index contributed by atoms with van der Waals surface area (Å²) >= 11 is 0. The van der Waals surface area contributed by atoms with Crippen molar-refractivity contribution in [3.8, 4) is 5.75 Å². The van der Waals surface area contributed by atoms with Crippen LogP contribution in [0.3, 0.4) is 0 Å². The molecule has 0 aromatic heterocycles. The summed E-state index contributed by atoms with van der Waals surface area (Å²) in [5.74, 6) is 0.708. The number of halogens is 1. The average molecular weight is 398 g/mol. The molecule has 0 radical (unpaired) electrons. The van der Waals surface area contributed by atoms with Crippen LogP contribution < -0.4 is 4.74 Å². The molecular formula is C23H27FN2O3. The quantitative estimate of drug-likeness (QED) is 0.842. The predicted molar refractivity (Wildman–Crippen MR) is 108 cm³/mol. The van der Waals surface area contributed by atoms with Crippen LogP contribution in [0.4, 0.5) is 4.39 Å². The Morgan fingerprint density at radius 2 is 1.79 bits per heavy atom. The van der Waals surface area contributed by atoms with Gasteiger partial charge >= 0.3 is 0 Å². The first kappa shape index (κ1) is 19.9. The van der Waals surface area contributed by atoms with Crippen LogP contribution in [0.2, 0.25) is 0 Å². The number of aliphatic hydroxyl groups is 1. The first-order valence-electron chi connectivity index (χ1n) is 10.1. The van der Waals surface area contributed by atoms with Crippen molar-refractivity contribution in [1.82, 2.24) is 9.80 Å². The van der Waals surface area contributed by atoms with Gasteiger partial charge in [0.1, 0.15) is 11.6 Å². The fourth-order valence-electron chi connectivity index (χ4n) is 4.51. The molecule has 5 nitrogen and oxygen atoms in total. The molecule has 4 rings (SSSR count). The van der Waals surface area contributed by atoms with Crippen molar-refractivity contribution in [2.75, 3.05) is 26.7 Å². The predicted octanol–water partition coefficient (Wildman–Crippen LogP) is 2.79. The van der Waals surface area contributed by atoms with Crippen molar-refractivity contribution in [3.63, 3.8) is 0 Å². The lowest BCUT2D eigenvalue weighted by atomic mass is 9.86. The second-order valence-electron chi connectivity index (χ2n) is 7.92. The Morgan fingerprint density at radius 3 is 2.45 bits per heavy atom. The topological polar surface area (TPSA) is 53.0 Å². The van der Waals surface area contributed by atoms with Gasteiger partial charge in [0.15, 0.2) is 0 Å². The van der Waals surface area contributed by atoms with E-state index in [0.717, 1.165) is 36.3 Å². The van der Waals surface area contributed by atoms with Gasteiger partial charge in [0.25, 0.3) is 0 Å². The summed E-state index contributed by atoms with van der Waals surface area (Å²) in [6, 6.07) is 14.0. The second kappa shape index (κ2) is 8.51. The van der Waals surface area contributed by atoms with E-state index in [0.29, 0.717) is 19.6 Å². The van der Waals surface area contributed by atoms with Crippen LogP contribution in [0.15, 0.2) is 48.5 Å². The second-order valence-corrected chi connectivity index (χ2v) is 7.92. The summed E-state index contributed by atoms with van der Waals surface area (Å²) in [5, 5.41) is 10.8. The fraction of sp³-hybridized carbons (Fsp3) is 0.435. The van der Waals surface area contributed by atoms with Gasteiger partial charge in [-0.1, -0.05) is 24.3 Å². The number of nitrogens with zero attached hydrogens (tertiary/aromatic N) is 2. The molecule has 3 atom stereocenters. The van der Waals surface area contributed by atoms with Crippen molar-refractivity contribution in [2.24, 2.45) is 0 Å². The van der Waals surface area contributed by atoms with Crippen LogP contribution in [0.5, 0.6) is 5.75 Å². The van der Waals surface area contributed by atoms with E-state index in [1.54, 1.807) is 19.2 Å². The monoisotopic (exact) mass is 398 g/mol. The minimum Gasteiger partial charge on any atom is -0.497 e. The van der Waals surface area contributed by atoms with Crippen molar-refractivity contribution in [1.29, 1.82) is 0 Å². The van der Waals surface area contributed by atoms with Gasteiger partial charge in [-0.2, -0.15) is 0 Å². The van der Waals surface area contributed by atoms with Crippen LogP contribution >= 0.6 is 0 Å². The van der Waals surface area contributed by atoms with Crippen molar-refractivity contribution < 1.29 is 19.0 Å². The normalized spacial score (nSPS) is 25.4. The molecule has 0 spiro atoms. The molecule has 0 unspecified atom stereocenters. The largest absolute Gasteiger partial charge is 0.497 e. The van der Waals surface area contributed by atoms with Crippen LogP contribution in [-0.4, -0.2) is 59.7 Å². The zero-order valence-electron chi connectivity index (χ0n) is 16.6. The van der Waals surface area contributed by atoms with Gasteiger partial charge in [-0.15, -0.1) is 0 Å². The molecule has 2 heterocycles. The Bertz CT molecular complexity index is 840. The van der Waals surface area contributed by atoms with Gasteiger partial charge in [0.2, 0.25) is 5.91 Å². The lowest BCUT2D eigenvalue weighted by Crippen LogP contribution is -2.50. The Labute approximate surface area is 170 Å². The van der Waals surface area contributed by atoms with E-state index < -0.39 is 6.10 Å². The van der Waals surface area contributed by atoms with Gasteiger partial charge in [0.05, 0.1) is 19.3 Å². The molecule has 0 saturated carbocycles. The van der Waals surface area contributed by atoms with Crippen LogP contribution in [-0.2, 0) is 11.3 Å². The zero-order chi connectivity index (χ0) is 20.4. The maximum absolute atomic E-state index is 13.1. The Balaban J connectivity index is 1.36. The van der Waals surface area contributed by atoms with E-state index in [2.05, 4.69) is 4.90 Å². The number of methoxy groups -OCH3 is 1. The highest BCUT2D eigenvalue weighted by Gasteiger charge is 2.39. The van der Waals surface area contributed by atoms with Gasteiger partial charge in [-0.25, -0.2) is 4.39 Å². The number of amides is 1. The molecule has 1 N–H and O–H groups in total. The van der Waals surface area contributed by atoms with E-state index in [1.165, 1.54) is 12.1 Å². The minimum atomic E-state index is -0.504. The van der Waals surface area contributed by atoms with Crippen LogP contribution in [0.25, 0.3) is 0 Å². The Hall–Kier alpha value is -2.44. The molecule has 0 bridgehead atoms. The molecule has 1 amide bonds. The molecule has 6 heteroatoms. The number of benzene rings is 2. The lowest BCUT2D eigenvalue weighted by Gasteiger charge is -2.38. The Morgan fingerprint density at radius 1 is 1.07 bits per heavy atom. The maximum atomic E-state index is 13.1. The molecule has 2 aromatic carbocycles. The third kappa shape index (κ3) is 4.28. The van der Waals surface area contributed by atoms with E-state index in [9.17, 15) is 14.3 Å². The van der Waals surface area contributed by atoms with Crippen LogP contribution in [0, 0.1) is 5.82 Å². The molecule has 0 aliphatic carbocycles. The lowest BCUT2D eigenvalue weighted by molar-refractivity contribution is -0.133. The summed E-state index contributed by atoms with van der Waals surface area (Å²) in [7, 11) is 1.64. The molecule has 2 fully saturated rings. The molecule has 2 aromatic rings. The highest BCUT2D eigenvalue weighted by Crippen LogP contribution is 2.32. The fourth-order valence-corrected chi connectivity index (χ4v) is 4.51. The van der Waals surface area contributed by atoms with E-state index in [1.807, 2.05) is 29.2 Å². The summed E-state index contributed by atoms with van der Waals surface area (Å²) in [6.07, 6.45) is 1.07. The van der Waals surface area contributed by atoms with Crippen molar-refractivity contribution in [2.45, 2.75) is 37.5 Å². The number of β-amino-alcohol motifs (C(OH)–C–C–N with tert-alkyl or cyclic N) is 1. The number of hydrogen-bond acceptors (Lipinski definition) is 4. The first-order chi connectivity index (χ1) is 14.0. The maximum Gasteiger partial charge on any atom is 0.240 e. The van der Waals surface area contributed by atoms with Gasteiger partial charge < -0.3 is 14.7 Å². The SMILES string of the molecule is COc1ccc([C@H]2CCN([C@H]3CCN(Cc4ccc(F)cc4)C3=O)C[C@@H]2O)cc1. The zero-order valence-corrected chi connectivity index (χ0v) is 16.6. The van der Waals surface area contributed by atoms with Crippen molar-refractivity contribution in [3.05, 3.63) is 65.5 Å². The molecule has 2 saturated heterocycles. The molecule has 29 heavy (non-hydrogen) atoms. The molecule has 154 valence electrons. The van der Waals surface area contributed by atoms with E-state index >= 15 is 0 Å². The number of likely N-dealkylation sites (tertiary alicyclic amines) is 2. The summed E-state index contributed by atoms with van der Waals surface area (Å²) < 4.78 is 18.3. The van der Waals surface area contributed by atoms with E-state index in [4.69, 9.17) is 4.74 Å². The third-order valence-corrected chi connectivity index (χ3v) is 6.15.